The van der Waals surface area contributed by atoms with Gasteiger partial charge in [-0.15, -0.1) is 0 Å². The Labute approximate surface area is 183 Å². The minimum atomic E-state index is -0.372. The van der Waals surface area contributed by atoms with Crippen molar-refractivity contribution in [2.45, 2.75) is 12.5 Å². The lowest BCUT2D eigenvalue weighted by Gasteiger charge is -2.31. The molecule has 0 saturated heterocycles. The Balaban J connectivity index is 1.75. The molecule has 1 aliphatic heterocycles. The second-order valence-electron chi connectivity index (χ2n) is 7.14. The Bertz CT molecular complexity index is 1070. The number of rotatable bonds is 4. The first-order chi connectivity index (χ1) is 14.5. The number of fused-ring (bicyclic) bond motifs is 1. The van der Waals surface area contributed by atoms with Gasteiger partial charge in [-0.05, 0) is 41.5 Å². The molecule has 1 N–H and O–H groups in total. The van der Waals surface area contributed by atoms with Gasteiger partial charge < -0.3 is 15.0 Å². The fourth-order valence-corrected chi connectivity index (χ4v) is 4.10. The van der Waals surface area contributed by atoms with Crippen LogP contribution in [0.3, 0.4) is 0 Å². The van der Waals surface area contributed by atoms with E-state index in [0.717, 1.165) is 32.6 Å². The summed E-state index contributed by atoms with van der Waals surface area (Å²) >= 11 is 3.53. The molecule has 3 aromatic rings. The fraction of sp³-hybridized carbons (Fsp3) is 0.167. The van der Waals surface area contributed by atoms with Gasteiger partial charge in [0.25, 0.3) is 0 Å². The maximum absolute atomic E-state index is 13.4. The third-order valence-corrected chi connectivity index (χ3v) is 5.65. The molecule has 0 radical (unpaired) electrons. The van der Waals surface area contributed by atoms with Gasteiger partial charge in [-0.1, -0.05) is 58.4 Å². The highest BCUT2D eigenvalue weighted by atomic mass is 79.9. The third kappa shape index (κ3) is 4.24. The topological polar surface area (TPSA) is 58.6 Å². The summed E-state index contributed by atoms with van der Waals surface area (Å²) in [6, 6.07) is 22.5. The Morgan fingerprint density at radius 2 is 1.83 bits per heavy atom. The predicted octanol–water partition coefficient (Wildman–Crippen LogP) is 4.57. The molecule has 0 fully saturated rings. The molecule has 1 atom stereocenters. The maximum atomic E-state index is 13.4. The lowest BCUT2D eigenvalue weighted by atomic mass is 9.95. The van der Waals surface area contributed by atoms with Crippen molar-refractivity contribution in [1.29, 1.82) is 0 Å². The summed E-state index contributed by atoms with van der Waals surface area (Å²) in [7, 11) is 1.61. The van der Waals surface area contributed by atoms with Crippen LogP contribution in [0.15, 0.2) is 77.3 Å². The van der Waals surface area contributed by atoms with Crippen LogP contribution < -0.4 is 10.1 Å². The minimum absolute atomic E-state index is 0.0130. The molecule has 4 rings (SSSR count). The zero-order chi connectivity index (χ0) is 21.1. The summed E-state index contributed by atoms with van der Waals surface area (Å²) in [5.41, 5.74) is 3.42. The van der Waals surface area contributed by atoms with E-state index in [9.17, 15) is 9.59 Å². The quantitative estimate of drug-likeness (QED) is 0.614. The largest absolute Gasteiger partial charge is 0.497 e. The molecule has 0 aromatic heterocycles. The van der Waals surface area contributed by atoms with Crippen molar-refractivity contribution in [2.24, 2.45) is 0 Å². The summed E-state index contributed by atoms with van der Waals surface area (Å²) in [5.74, 6) is 0.415. The van der Waals surface area contributed by atoms with Crippen LogP contribution in [0.2, 0.25) is 0 Å². The molecular weight excluding hydrogens is 444 g/mol. The molecule has 6 heteroatoms. The van der Waals surface area contributed by atoms with Gasteiger partial charge in [0.1, 0.15) is 12.3 Å². The molecule has 0 bridgehead atoms. The van der Waals surface area contributed by atoms with E-state index in [1.165, 1.54) is 0 Å². The van der Waals surface area contributed by atoms with E-state index >= 15 is 0 Å². The van der Waals surface area contributed by atoms with Crippen LogP contribution in [0.25, 0.3) is 0 Å². The van der Waals surface area contributed by atoms with E-state index in [0.29, 0.717) is 0 Å². The number of ether oxygens (including phenoxy) is 1. The number of halogens is 1. The maximum Gasteiger partial charge on any atom is 0.244 e. The molecular formula is C24H21BrN2O3. The van der Waals surface area contributed by atoms with E-state index < -0.39 is 0 Å². The fourth-order valence-electron chi connectivity index (χ4n) is 3.72. The van der Waals surface area contributed by atoms with Gasteiger partial charge in [0.15, 0.2) is 0 Å². The molecule has 152 valence electrons. The molecule has 3 aromatic carbocycles. The second kappa shape index (κ2) is 8.71. The standard InChI is InChI=1S/C24H21BrN2O3/c1-30-19-10-7-16(8-11-19)13-23(29)27-15-22(28)26-21-12-9-18(25)14-20(21)24(27)17-5-3-2-4-6-17/h2-12,14,24H,13,15H2,1H3,(H,26,28)/t24-/m1/s1. The highest BCUT2D eigenvalue weighted by molar-refractivity contribution is 9.10. The number of hydrogen-bond acceptors (Lipinski definition) is 3. The van der Waals surface area contributed by atoms with Gasteiger partial charge in [0.05, 0.1) is 19.6 Å². The monoisotopic (exact) mass is 464 g/mol. The van der Waals surface area contributed by atoms with E-state index in [1.807, 2.05) is 72.8 Å². The molecule has 5 nitrogen and oxygen atoms in total. The van der Waals surface area contributed by atoms with Gasteiger partial charge in [-0.3, -0.25) is 9.59 Å². The number of methoxy groups -OCH3 is 1. The zero-order valence-corrected chi connectivity index (χ0v) is 18.1. The number of nitrogens with one attached hydrogen (secondary N) is 1. The van der Waals surface area contributed by atoms with Gasteiger partial charge >= 0.3 is 0 Å². The van der Waals surface area contributed by atoms with Crippen LogP contribution in [0.5, 0.6) is 5.75 Å². The average molecular weight is 465 g/mol. The van der Waals surface area contributed by atoms with Crippen molar-refractivity contribution in [1.82, 2.24) is 4.90 Å². The van der Waals surface area contributed by atoms with Crippen LogP contribution in [-0.2, 0) is 16.0 Å². The smallest absolute Gasteiger partial charge is 0.244 e. The first kappa shape index (κ1) is 20.2. The number of anilines is 1. The summed E-state index contributed by atoms with van der Waals surface area (Å²) in [5, 5.41) is 2.94. The number of carbonyl (C=O) groups is 2. The first-order valence-corrected chi connectivity index (χ1v) is 10.4. The molecule has 1 aliphatic rings. The number of carbonyl (C=O) groups excluding carboxylic acids is 2. The van der Waals surface area contributed by atoms with Gasteiger partial charge in [-0.25, -0.2) is 0 Å². The highest BCUT2D eigenvalue weighted by Gasteiger charge is 2.33. The van der Waals surface area contributed by atoms with Crippen LogP contribution in [0.1, 0.15) is 22.7 Å². The normalized spacial score (nSPS) is 15.7. The van der Waals surface area contributed by atoms with E-state index in [-0.39, 0.29) is 30.8 Å². The molecule has 0 unspecified atom stereocenters. The van der Waals surface area contributed by atoms with Crippen molar-refractivity contribution in [3.05, 3.63) is 94.0 Å². The van der Waals surface area contributed by atoms with E-state index in [1.54, 1.807) is 12.0 Å². The lowest BCUT2D eigenvalue weighted by molar-refractivity contribution is -0.135. The second-order valence-corrected chi connectivity index (χ2v) is 8.06. The minimum Gasteiger partial charge on any atom is -0.497 e. The van der Waals surface area contributed by atoms with Crippen LogP contribution in [-0.4, -0.2) is 30.4 Å². The van der Waals surface area contributed by atoms with Crippen molar-refractivity contribution < 1.29 is 14.3 Å². The number of nitrogens with zero attached hydrogens (tertiary/aromatic N) is 1. The van der Waals surface area contributed by atoms with E-state index in [4.69, 9.17) is 4.74 Å². The third-order valence-electron chi connectivity index (χ3n) is 5.16. The molecule has 0 aliphatic carbocycles. The lowest BCUT2D eigenvalue weighted by Crippen LogP contribution is -2.39. The number of benzene rings is 3. The SMILES string of the molecule is COc1ccc(CC(=O)N2CC(=O)Nc3ccc(Br)cc3[C@H]2c2ccccc2)cc1. The van der Waals surface area contributed by atoms with Gasteiger partial charge in [0, 0.05) is 15.7 Å². The Kier molecular flexibility index (Phi) is 5.86. The average Bonchev–Trinajstić information content (AvgIpc) is 2.90. The highest BCUT2D eigenvalue weighted by Crippen LogP contribution is 2.37. The van der Waals surface area contributed by atoms with Crippen LogP contribution in [0.4, 0.5) is 5.69 Å². The molecule has 1 heterocycles. The molecule has 0 spiro atoms. The summed E-state index contributed by atoms with van der Waals surface area (Å²) < 4.78 is 6.08. The Hall–Kier alpha value is -3.12. The molecule has 2 amide bonds. The summed E-state index contributed by atoms with van der Waals surface area (Å²) in [6.45, 7) is -0.0130. The summed E-state index contributed by atoms with van der Waals surface area (Å²) in [6.07, 6.45) is 0.198. The van der Waals surface area contributed by atoms with Crippen LogP contribution in [0, 0.1) is 0 Å². The van der Waals surface area contributed by atoms with Gasteiger partial charge in [-0.2, -0.15) is 0 Å². The number of hydrogen-bond donors (Lipinski definition) is 1. The summed E-state index contributed by atoms with van der Waals surface area (Å²) in [4.78, 5) is 27.7. The zero-order valence-electron chi connectivity index (χ0n) is 16.5. The van der Waals surface area contributed by atoms with Crippen molar-refractivity contribution >= 4 is 33.4 Å². The predicted molar refractivity (Wildman–Crippen MR) is 119 cm³/mol. The molecule has 30 heavy (non-hydrogen) atoms. The van der Waals surface area contributed by atoms with Crippen molar-refractivity contribution in [3.63, 3.8) is 0 Å². The first-order valence-electron chi connectivity index (χ1n) is 9.62. The van der Waals surface area contributed by atoms with E-state index in [2.05, 4.69) is 21.2 Å². The molecule has 0 saturated carbocycles. The van der Waals surface area contributed by atoms with Gasteiger partial charge in [0.2, 0.25) is 11.8 Å². The number of amides is 2. The Morgan fingerprint density at radius 3 is 2.53 bits per heavy atom. The van der Waals surface area contributed by atoms with Crippen LogP contribution >= 0.6 is 15.9 Å². The Morgan fingerprint density at radius 1 is 1.10 bits per heavy atom. The van der Waals surface area contributed by atoms with Crippen molar-refractivity contribution in [2.75, 3.05) is 19.0 Å². The van der Waals surface area contributed by atoms with Crippen molar-refractivity contribution in [3.8, 4) is 5.75 Å².